The van der Waals surface area contributed by atoms with Crippen LogP contribution in [0.4, 0.5) is 0 Å². The summed E-state index contributed by atoms with van der Waals surface area (Å²) in [4.78, 5) is 29.8. The summed E-state index contributed by atoms with van der Waals surface area (Å²) >= 11 is 0. The van der Waals surface area contributed by atoms with Gasteiger partial charge in [-0.1, -0.05) is 6.42 Å². The smallest absolute Gasteiger partial charge is 0.353 e. The normalized spacial score (nSPS) is 22.5. The first-order valence-corrected chi connectivity index (χ1v) is 7.24. The van der Waals surface area contributed by atoms with Crippen molar-refractivity contribution < 1.29 is 0 Å². The predicted octanol–water partition coefficient (Wildman–Crippen LogP) is 0.831. The van der Waals surface area contributed by atoms with E-state index >= 15 is 0 Å². The van der Waals surface area contributed by atoms with Gasteiger partial charge in [0.05, 0.1) is 0 Å². The van der Waals surface area contributed by atoms with Gasteiger partial charge in [-0.3, -0.25) is 4.98 Å². The average molecular weight is 276 g/mol. The molecule has 1 unspecified atom stereocenters. The van der Waals surface area contributed by atoms with E-state index in [0.717, 1.165) is 28.7 Å². The third-order valence-corrected chi connectivity index (χ3v) is 4.62. The Kier molecular flexibility index (Phi) is 3.23. The van der Waals surface area contributed by atoms with Crippen molar-refractivity contribution in [2.45, 2.75) is 45.1 Å². The van der Waals surface area contributed by atoms with Crippen molar-refractivity contribution in [3.8, 4) is 0 Å². The van der Waals surface area contributed by atoms with Crippen molar-refractivity contribution >= 4 is 6.08 Å². The summed E-state index contributed by atoms with van der Waals surface area (Å²) < 4.78 is 1.16. The second kappa shape index (κ2) is 4.92. The number of aromatic nitrogens is 3. The standard InChI is InChI=1S/C14H20N4O2/c15-7-4-11-16-12(19)18(13(20)17-11)8-2-1-3-10-9-14(10)5-6-14/h4,7,10H,1-3,5-6,8-9,15H2,(H,16,17,19,20). The van der Waals surface area contributed by atoms with Crippen molar-refractivity contribution in [1.29, 1.82) is 0 Å². The van der Waals surface area contributed by atoms with Crippen LogP contribution in [0.1, 0.15) is 44.3 Å². The Morgan fingerprint density at radius 1 is 1.40 bits per heavy atom. The minimum absolute atomic E-state index is 0.201. The molecule has 1 aromatic rings. The number of nitrogens with one attached hydrogen (secondary N) is 1. The van der Waals surface area contributed by atoms with Crippen LogP contribution in [0.5, 0.6) is 0 Å². The number of nitrogens with two attached hydrogens (primary N) is 1. The molecule has 0 bridgehead atoms. The van der Waals surface area contributed by atoms with Crippen molar-refractivity contribution in [3.63, 3.8) is 0 Å². The molecule has 20 heavy (non-hydrogen) atoms. The maximum atomic E-state index is 11.8. The Morgan fingerprint density at radius 3 is 2.80 bits per heavy atom. The minimum Gasteiger partial charge on any atom is -0.404 e. The van der Waals surface area contributed by atoms with Crippen molar-refractivity contribution in [2.75, 3.05) is 0 Å². The van der Waals surface area contributed by atoms with Gasteiger partial charge in [-0.25, -0.2) is 14.2 Å². The van der Waals surface area contributed by atoms with E-state index < -0.39 is 11.4 Å². The lowest BCUT2D eigenvalue weighted by Crippen LogP contribution is -2.37. The minimum atomic E-state index is -0.507. The second-order valence-corrected chi connectivity index (χ2v) is 5.98. The summed E-state index contributed by atoms with van der Waals surface area (Å²) in [7, 11) is 0. The molecule has 0 amide bonds. The number of unbranched alkanes of at least 4 members (excludes halogenated alkanes) is 1. The van der Waals surface area contributed by atoms with Crippen LogP contribution in [0.25, 0.3) is 6.08 Å². The third-order valence-electron chi connectivity index (χ3n) is 4.62. The molecule has 0 aromatic carbocycles. The molecule has 1 atom stereocenters. The van der Waals surface area contributed by atoms with E-state index in [4.69, 9.17) is 5.73 Å². The van der Waals surface area contributed by atoms with Crippen LogP contribution in [0.15, 0.2) is 15.8 Å². The van der Waals surface area contributed by atoms with E-state index in [1.807, 2.05) is 0 Å². The molecule has 0 saturated heterocycles. The van der Waals surface area contributed by atoms with E-state index in [-0.39, 0.29) is 5.82 Å². The number of rotatable bonds is 6. The van der Waals surface area contributed by atoms with Crippen LogP contribution in [0.2, 0.25) is 0 Å². The molecule has 108 valence electrons. The highest BCUT2D eigenvalue weighted by Gasteiger charge is 2.61. The van der Waals surface area contributed by atoms with Crippen LogP contribution < -0.4 is 17.1 Å². The summed E-state index contributed by atoms with van der Waals surface area (Å²) in [5, 5.41) is 0. The fourth-order valence-electron chi connectivity index (χ4n) is 3.10. The van der Waals surface area contributed by atoms with Crippen molar-refractivity contribution in [3.05, 3.63) is 33.0 Å². The van der Waals surface area contributed by atoms with Crippen LogP contribution in [-0.2, 0) is 6.54 Å². The molecular weight excluding hydrogens is 256 g/mol. The first-order chi connectivity index (χ1) is 9.64. The molecule has 2 aliphatic carbocycles. The molecule has 2 aliphatic rings. The Morgan fingerprint density at radius 2 is 2.20 bits per heavy atom. The van der Waals surface area contributed by atoms with Gasteiger partial charge in [-0.2, -0.15) is 4.98 Å². The number of nitrogens with zero attached hydrogens (tertiary/aromatic N) is 2. The molecule has 2 fully saturated rings. The average Bonchev–Trinajstić information content (AvgIpc) is 3.29. The number of H-pyrrole nitrogens is 1. The van der Waals surface area contributed by atoms with E-state index in [2.05, 4.69) is 9.97 Å². The monoisotopic (exact) mass is 276 g/mol. The maximum Gasteiger partial charge on any atom is 0.353 e. The molecule has 1 aromatic heterocycles. The largest absolute Gasteiger partial charge is 0.404 e. The summed E-state index contributed by atoms with van der Waals surface area (Å²) in [6.45, 7) is 0.438. The Bertz CT molecular complexity index is 608. The maximum absolute atomic E-state index is 11.8. The van der Waals surface area contributed by atoms with Gasteiger partial charge in [0.15, 0.2) is 0 Å². The van der Waals surface area contributed by atoms with Gasteiger partial charge in [-0.15, -0.1) is 0 Å². The van der Waals surface area contributed by atoms with Crippen LogP contribution in [0, 0.1) is 11.3 Å². The number of hydrogen-bond acceptors (Lipinski definition) is 4. The lowest BCUT2D eigenvalue weighted by Gasteiger charge is -2.04. The zero-order valence-electron chi connectivity index (χ0n) is 11.5. The molecular formula is C14H20N4O2. The highest BCUT2D eigenvalue weighted by atomic mass is 16.2. The van der Waals surface area contributed by atoms with E-state index in [0.29, 0.717) is 6.54 Å². The lowest BCUT2D eigenvalue weighted by atomic mass is 10.1. The number of hydrogen-bond donors (Lipinski definition) is 2. The molecule has 3 rings (SSSR count). The summed E-state index contributed by atoms with van der Waals surface area (Å²) in [6, 6.07) is 0. The highest BCUT2D eigenvalue weighted by Crippen LogP contribution is 2.71. The van der Waals surface area contributed by atoms with E-state index in [1.165, 1.54) is 38.0 Å². The van der Waals surface area contributed by atoms with Crippen LogP contribution in [0.3, 0.4) is 0 Å². The molecule has 2 saturated carbocycles. The molecule has 0 aliphatic heterocycles. The quantitative estimate of drug-likeness (QED) is 0.752. The fourth-order valence-corrected chi connectivity index (χ4v) is 3.10. The molecule has 1 spiro atoms. The fraction of sp³-hybridized carbons (Fsp3) is 0.643. The summed E-state index contributed by atoms with van der Waals surface area (Å²) in [5.74, 6) is 1.11. The van der Waals surface area contributed by atoms with Crippen LogP contribution in [-0.4, -0.2) is 14.5 Å². The molecule has 6 heteroatoms. The van der Waals surface area contributed by atoms with Gasteiger partial charge in [0, 0.05) is 6.54 Å². The van der Waals surface area contributed by atoms with Gasteiger partial charge in [0.2, 0.25) is 0 Å². The summed E-state index contributed by atoms with van der Waals surface area (Å²) in [6.07, 6.45) is 10.0. The van der Waals surface area contributed by atoms with Gasteiger partial charge < -0.3 is 5.73 Å². The summed E-state index contributed by atoms with van der Waals surface area (Å²) in [5.41, 5.74) is 5.03. The van der Waals surface area contributed by atoms with Crippen LogP contribution >= 0.6 is 0 Å². The van der Waals surface area contributed by atoms with E-state index in [9.17, 15) is 9.59 Å². The first kappa shape index (κ1) is 13.1. The molecule has 1 heterocycles. The Labute approximate surface area is 116 Å². The van der Waals surface area contributed by atoms with Gasteiger partial charge in [0.1, 0.15) is 5.82 Å². The molecule has 6 nitrogen and oxygen atoms in total. The van der Waals surface area contributed by atoms with Gasteiger partial charge >= 0.3 is 11.4 Å². The second-order valence-electron chi connectivity index (χ2n) is 5.98. The first-order valence-electron chi connectivity index (χ1n) is 7.24. The lowest BCUT2D eigenvalue weighted by molar-refractivity contribution is 0.513. The highest BCUT2D eigenvalue weighted by molar-refractivity contribution is 5.37. The van der Waals surface area contributed by atoms with Crippen molar-refractivity contribution in [1.82, 2.24) is 14.5 Å². The predicted molar refractivity (Wildman–Crippen MR) is 76.0 cm³/mol. The molecule has 0 radical (unpaired) electrons. The van der Waals surface area contributed by atoms with Gasteiger partial charge in [-0.05, 0) is 55.7 Å². The topological polar surface area (TPSA) is 93.8 Å². The third kappa shape index (κ3) is 2.55. The number of aromatic amines is 1. The SMILES string of the molecule is NC=Cc1nc(=O)n(CCCCC2CC23CC3)c(=O)[nH]1. The zero-order chi connectivity index (χ0) is 14.2. The Hall–Kier alpha value is -1.85. The van der Waals surface area contributed by atoms with E-state index in [1.54, 1.807) is 0 Å². The van der Waals surface area contributed by atoms with Crippen molar-refractivity contribution in [2.24, 2.45) is 17.1 Å². The Balaban J connectivity index is 1.54. The molecule has 3 N–H and O–H groups in total. The van der Waals surface area contributed by atoms with Gasteiger partial charge in [0.25, 0.3) is 0 Å². The zero-order valence-corrected chi connectivity index (χ0v) is 11.5.